The summed E-state index contributed by atoms with van der Waals surface area (Å²) in [6.07, 6.45) is 1.36. The fourth-order valence-corrected chi connectivity index (χ4v) is 1.56. The maximum atomic E-state index is 13.5. The van der Waals surface area contributed by atoms with Crippen LogP contribution in [0.25, 0.3) is 0 Å². The van der Waals surface area contributed by atoms with E-state index < -0.39 is 5.82 Å². The molecule has 17 heavy (non-hydrogen) atoms. The summed E-state index contributed by atoms with van der Waals surface area (Å²) < 4.78 is 18.8. The summed E-state index contributed by atoms with van der Waals surface area (Å²) in [6.45, 7) is 0. The Morgan fingerprint density at radius 1 is 1.24 bits per heavy atom. The van der Waals surface area contributed by atoms with Crippen LogP contribution in [-0.4, -0.2) is 4.98 Å². The van der Waals surface area contributed by atoms with E-state index >= 15 is 0 Å². The number of nitrogen functional groups attached to an aromatic ring is 1. The maximum Gasteiger partial charge on any atom is 0.238 e. The van der Waals surface area contributed by atoms with Crippen molar-refractivity contribution in [3.63, 3.8) is 0 Å². The van der Waals surface area contributed by atoms with Gasteiger partial charge in [-0.1, -0.05) is 29.3 Å². The fraction of sp³-hybridized carbons (Fsp3) is 0. The van der Waals surface area contributed by atoms with Gasteiger partial charge in [0.15, 0.2) is 11.6 Å². The third-order valence-corrected chi connectivity index (χ3v) is 2.51. The average molecular weight is 273 g/mol. The molecule has 0 aliphatic rings. The molecule has 88 valence electrons. The smallest absolute Gasteiger partial charge is 0.238 e. The predicted octanol–water partition coefficient (Wildman–Crippen LogP) is 3.90. The van der Waals surface area contributed by atoms with Crippen LogP contribution in [0.2, 0.25) is 10.0 Å². The molecule has 0 bridgehead atoms. The van der Waals surface area contributed by atoms with Crippen molar-refractivity contribution >= 4 is 28.9 Å². The van der Waals surface area contributed by atoms with Gasteiger partial charge in [-0.3, -0.25) is 0 Å². The Balaban J connectivity index is 2.35. The molecule has 0 atom stereocenters. The molecule has 0 unspecified atom stereocenters. The molecule has 0 saturated heterocycles. The lowest BCUT2D eigenvalue weighted by Gasteiger charge is -2.08. The largest absolute Gasteiger partial charge is 0.434 e. The predicted molar refractivity (Wildman–Crippen MR) is 65.1 cm³/mol. The summed E-state index contributed by atoms with van der Waals surface area (Å²) in [5, 5.41) is 0.165. The Bertz CT molecular complexity index is 563. The first-order valence-electron chi connectivity index (χ1n) is 4.61. The highest BCUT2D eigenvalue weighted by Gasteiger charge is 2.11. The molecule has 2 aromatic rings. The quantitative estimate of drug-likeness (QED) is 0.902. The maximum absolute atomic E-state index is 13.5. The topological polar surface area (TPSA) is 48.1 Å². The Morgan fingerprint density at radius 2 is 2.00 bits per heavy atom. The number of nitrogens with two attached hydrogens (primary N) is 1. The first-order valence-corrected chi connectivity index (χ1v) is 5.36. The molecule has 0 aliphatic carbocycles. The second kappa shape index (κ2) is 4.77. The first-order chi connectivity index (χ1) is 8.08. The molecule has 1 aromatic carbocycles. The Morgan fingerprint density at radius 3 is 2.71 bits per heavy atom. The molecule has 0 spiro atoms. The normalized spacial score (nSPS) is 10.3. The number of rotatable bonds is 2. The lowest BCUT2D eigenvalue weighted by molar-refractivity contribution is 0.428. The molecule has 2 rings (SSSR count). The van der Waals surface area contributed by atoms with Crippen LogP contribution in [0.15, 0.2) is 30.5 Å². The minimum absolute atomic E-state index is 0.0333. The summed E-state index contributed by atoms with van der Waals surface area (Å²) in [7, 11) is 0. The van der Waals surface area contributed by atoms with Crippen molar-refractivity contribution in [2.24, 2.45) is 0 Å². The van der Waals surface area contributed by atoms with E-state index in [1.165, 1.54) is 24.4 Å². The summed E-state index contributed by atoms with van der Waals surface area (Å²) >= 11 is 11.5. The third kappa shape index (κ3) is 2.60. The van der Waals surface area contributed by atoms with Crippen LogP contribution in [0.4, 0.5) is 10.1 Å². The minimum atomic E-state index is -0.663. The van der Waals surface area contributed by atoms with Gasteiger partial charge in [0.25, 0.3) is 0 Å². The standard InChI is InChI=1S/C11H7Cl2FN2O/c12-7-2-1-3-9(10(7)14)17-11-8(13)4-6(15)5-16-11/h1-5H,15H2. The van der Waals surface area contributed by atoms with Gasteiger partial charge in [-0.2, -0.15) is 0 Å². The van der Waals surface area contributed by atoms with E-state index in [1.54, 1.807) is 6.07 Å². The van der Waals surface area contributed by atoms with E-state index in [0.717, 1.165) is 0 Å². The number of pyridine rings is 1. The van der Waals surface area contributed by atoms with E-state index in [4.69, 9.17) is 33.7 Å². The molecule has 3 nitrogen and oxygen atoms in total. The monoisotopic (exact) mass is 272 g/mol. The number of aromatic nitrogens is 1. The minimum Gasteiger partial charge on any atom is -0.434 e. The number of ether oxygens (including phenoxy) is 1. The second-order valence-corrected chi connectivity index (χ2v) is 4.02. The fourth-order valence-electron chi connectivity index (χ4n) is 1.18. The third-order valence-electron chi connectivity index (χ3n) is 1.95. The average Bonchev–Trinajstić information content (AvgIpc) is 2.28. The lowest BCUT2D eigenvalue weighted by Crippen LogP contribution is -1.94. The molecule has 0 amide bonds. The first kappa shape index (κ1) is 12.0. The van der Waals surface area contributed by atoms with Crippen LogP contribution in [0.5, 0.6) is 11.6 Å². The van der Waals surface area contributed by atoms with E-state index in [1.807, 2.05) is 0 Å². The van der Waals surface area contributed by atoms with Gasteiger partial charge < -0.3 is 10.5 Å². The van der Waals surface area contributed by atoms with Gasteiger partial charge in [0.2, 0.25) is 5.88 Å². The molecule has 0 fully saturated rings. The number of benzene rings is 1. The number of hydrogen-bond donors (Lipinski definition) is 1. The van der Waals surface area contributed by atoms with Gasteiger partial charge in [-0.15, -0.1) is 0 Å². The zero-order valence-electron chi connectivity index (χ0n) is 8.45. The van der Waals surface area contributed by atoms with Crippen LogP contribution < -0.4 is 10.5 Å². The van der Waals surface area contributed by atoms with E-state index in [2.05, 4.69) is 4.98 Å². The van der Waals surface area contributed by atoms with Crippen LogP contribution in [0.3, 0.4) is 0 Å². The van der Waals surface area contributed by atoms with Crippen LogP contribution in [0, 0.1) is 5.82 Å². The summed E-state index contributed by atoms with van der Waals surface area (Å²) in [4.78, 5) is 3.85. The molecule has 0 saturated carbocycles. The van der Waals surface area contributed by atoms with Crippen molar-refractivity contribution in [2.45, 2.75) is 0 Å². The summed E-state index contributed by atoms with van der Waals surface area (Å²) in [6, 6.07) is 5.87. The van der Waals surface area contributed by atoms with Crippen LogP contribution in [-0.2, 0) is 0 Å². The van der Waals surface area contributed by atoms with Gasteiger partial charge in [0.05, 0.1) is 16.9 Å². The van der Waals surface area contributed by atoms with Gasteiger partial charge in [0, 0.05) is 0 Å². The molecule has 0 aliphatic heterocycles. The number of nitrogens with zero attached hydrogens (tertiary/aromatic N) is 1. The van der Waals surface area contributed by atoms with E-state index in [-0.39, 0.29) is 21.7 Å². The van der Waals surface area contributed by atoms with Crippen LogP contribution in [0.1, 0.15) is 0 Å². The molecule has 6 heteroatoms. The van der Waals surface area contributed by atoms with Crippen molar-refractivity contribution in [2.75, 3.05) is 5.73 Å². The van der Waals surface area contributed by atoms with Crippen molar-refractivity contribution in [1.29, 1.82) is 0 Å². The molecule has 0 radical (unpaired) electrons. The van der Waals surface area contributed by atoms with E-state index in [9.17, 15) is 4.39 Å². The molecule has 1 heterocycles. The Hall–Kier alpha value is -1.52. The highest BCUT2D eigenvalue weighted by molar-refractivity contribution is 6.32. The van der Waals surface area contributed by atoms with Gasteiger partial charge in [-0.05, 0) is 18.2 Å². The van der Waals surface area contributed by atoms with Crippen molar-refractivity contribution in [3.8, 4) is 11.6 Å². The highest BCUT2D eigenvalue weighted by atomic mass is 35.5. The Kier molecular flexibility index (Phi) is 3.36. The van der Waals surface area contributed by atoms with Crippen molar-refractivity contribution in [3.05, 3.63) is 46.3 Å². The number of hydrogen-bond acceptors (Lipinski definition) is 3. The zero-order valence-corrected chi connectivity index (χ0v) is 9.97. The zero-order chi connectivity index (χ0) is 12.4. The summed E-state index contributed by atoms with van der Waals surface area (Å²) in [5.74, 6) is -0.637. The van der Waals surface area contributed by atoms with Gasteiger partial charge in [0.1, 0.15) is 5.02 Å². The molecular weight excluding hydrogens is 266 g/mol. The lowest BCUT2D eigenvalue weighted by atomic mass is 10.3. The SMILES string of the molecule is Nc1cnc(Oc2cccc(Cl)c2F)c(Cl)c1. The molecular formula is C11H7Cl2FN2O. The van der Waals surface area contributed by atoms with Crippen molar-refractivity contribution < 1.29 is 9.13 Å². The molecule has 2 N–H and O–H groups in total. The van der Waals surface area contributed by atoms with Gasteiger partial charge in [-0.25, -0.2) is 9.37 Å². The molecule has 1 aromatic heterocycles. The Labute approximate surface area is 107 Å². The highest BCUT2D eigenvalue weighted by Crippen LogP contribution is 2.31. The van der Waals surface area contributed by atoms with Crippen LogP contribution >= 0.6 is 23.2 Å². The number of anilines is 1. The summed E-state index contributed by atoms with van der Waals surface area (Å²) in [5.41, 5.74) is 5.87. The number of halogens is 3. The van der Waals surface area contributed by atoms with Crippen molar-refractivity contribution in [1.82, 2.24) is 4.98 Å². The van der Waals surface area contributed by atoms with E-state index in [0.29, 0.717) is 5.69 Å². The second-order valence-electron chi connectivity index (χ2n) is 3.21. The van der Waals surface area contributed by atoms with Gasteiger partial charge >= 0.3 is 0 Å².